The standard InChI is InChI=1S/C13H11N3/c1-16-7-6-13(15-9-16)11-8-14-12-5-3-2-4-10(11)12/h2-9H,1H3. The van der Waals surface area contributed by atoms with Crippen molar-refractivity contribution >= 4 is 23.8 Å². The van der Waals surface area contributed by atoms with Crippen LogP contribution in [0.5, 0.6) is 0 Å². The van der Waals surface area contributed by atoms with Crippen LogP contribution >= 0.6 is 0 Å². The van der Waals surface area contributed by atoms with Crippen LogP contribution in [0, 0.1) is 0 Å². The van der Waals surface area contributed by atoms with Gasteiger partial charge in [0, 0.05) is 30.6 Å². The van der Waals surface area contributed by atoms with Gasteiger partial charge in [-0.25, -0.2) is 4.99 Å². The molecule has 16 heavy (non-hydrogen) atoms. The van der Waals surface area contributed by atoms with Gasteiger partial charge in [-0.05, 0) is 12.1 Å². The molecular weight excluding hydrogens is 198 g/mol. The minimum absolute atomic E-state index is 0.965. The summed E-state index contributed by atoms with van der Waals surface area (Å²) < 4.78 is 0. The zero-order valence-electron chi connectivity index (χ0n) is 8.96. The number of aliphatic imine (C=N–C) groups is 2. The summed E-state index contributed by atoms with van der Waals surface area (Å²) in [5, 5.41) is 0. The maximum Gasteiger partial charge on any atom is 0.0949 e. The molecular formula is C13H11N3. The van der Waals surface area contributed by atoms with Crippen molar-refractivity contribution in [2.75, 3.05) is 7.05 Å². The zero-order chi connectivity index (χ0) is 11.0. The van der Waals surface area contributed by atoms with E-state index in [0.29, 0.717) is 0 Å². The Labute approximate surface area is 94.1 Å². The Hall–Kier alpha value is -2.16. The monoisotopic (exact) mass is 209 g/mol. The molecule has 0 radical (unpaired) electrons. The molecule has 1 aromatic carbocycles. The van der Waals surface area contributed by atoms with E-state index >= 15 is 0 Å². The van der Waals surface area contributed by atoms with Crippen LogP contribution < -0.4 is 0 Å². The molecule has 0 atom stereocenters. The average Bonchev–Trinajstić information content (AvgIpc) is 2.74. The molecule has 3 nitrogen and oxygen atoms in total. The van der Waals surface area contributed by atoms with Gasteiger partial charge in [0.1, 0.15) is 0 Å². The second kappa shape index (κ2) is 3.45. The molecule has 3 heteroatoms. The number of hydrogen-bond donors (Lipinski definition) is 0. The topological polar surface area (TPSA) is 28.0 Å². The van der Waals surface area contributed by atoms with Crippen LogP contribution in [0.15, 0.2) is 52.2 Å². The highest BCUT2D eigenvalue weighted by molar-refractivity contribution is 6.18. The third kappa shape index (κ3) is 1.37. The Bertz CT molecular complexity index is 534. The number of allylic oxidation sites excluding steroid dienone is 2. The summed E-state index contributed by atoms with van der Waals surface area (Å²) in [6.07, 6.45) is 7.68. The highest BCUT2D eigenvalue weighted by Crippen LogP contribution is 2.33. The van der Waals surface area contributed by atoms with Gasteiger partial charge in [0.15, 0.2) is 0 Å². The second-order valence-corrected chi connectivity index (χ2v) is 3.80. The van der Waals surface area contributed by atoms with E-state index in [4.69, 9.17) is 0 Å². The van der Waals surface area contributed by atoms with Crippen molar-refractivity contribution in [2.24, 2.45) is 9.98 Å². The predicted octanol–water partition coefficient (Wildman–Crippen LogP) is 2.60. The maximum atomic E-state index is 4.39. The summed E-state index contributed by atoms with van der Waals surface area (Å²) in [6, 6.07) is 8.11. The Morgan fingerprint density at radius 2 is 2.00 bits per heavy atom. The normalized spacial score (nSPS) is 21.7. The first-order chi connectivity index (χ1) is 7.84. The SMILES string of the molecule is CN1C=CC(=C2C=Nc3ccccc32)N=C1. The highest BCUT2D eigenvalue weighted by Gasteiger charge is 2.15. The fourth-order valence-electron chi connectivity index (χ4n) is 1.80. The first-order valence-electron chi connectivity index (χ1n) is 5.17. The lowest BCUT2D eigenvalue weighted by atomic mass is 10.1. The van der Waals surface area contributed by atoms with Crippen molar-refractivity contribution in [3.8, 4) is 0 Å². The van der Waals surface area contributed by atoms with Gasteiger partial charge >= 0.3 is 0 Å². The van der Waals surface area contributed by atoms with E-state index in [1.165, 1.54) is 0 Å². The highest BCUT2D eigenvalue weighted by atomic mass is 15.1. The summed E-state index contributed by atoms with van der Waals surface area (Å²) in [4.78, 5) is 10.7. The summed E-state index contributed by atoms with van der Waals surface area (Å²) in [5.41, 5.74) is 4.24. The van der Waals surface area contributed by atoms with Gasteiger partial charge in [0.2, 0.25) is 0 Å². The molecule has 0 saturated carbocycles. The molecule has 0 spiro atoms. The van der Waals surface area contributed by atoms with Gasteiger partial charge < -0.3 is 4.90 Å². The lowest BCUT2D eigenvalue weighted by Gasteiger charge is -2.12. The number of para-hydroxylation sites is 1. The third-order valence-electron chi connectivity index (χ3n) is 2.65. The second-order valence-electron chi connectivity index (χ2n) is 3.80. The summed E-state index contributed by atoms with van der Waals surface area (Å²) >= 11 is 0. The maximum absolute atomic E-state index is 4.39. The van der Waals surface area contributed by atoms with Crippen LogP contribution in [0.1, 0.15) is 5.56 Å². The molecule has 78 valence electrons. The smallest absolute Gasteiger partial charge is 0.0949 e. The quantitative estimate of drug-likeness (QED) is 0.645. The summed E-state index contributed by atoms with van der Waals surface area (Å²) in [7, 11) is 1.96. The number of rotatable bonds is 0. The Balaban J connectivity index is 2.11. The third-order valence-corrected chi connectivity index (χ3v) is 2.65. The van der Waals surface area contributed by atoms with E-state index in [0.717, 1.165) is 22.5 Å². The fraction of sp³-hybridized carbons (Fsp3) is 0.0769. The first kappa shape index (κ1) is 9.09. The first-order valence-corrected chi connectivity index (χ1v) is 5.17. The minimum Gasteiger partial charge on any atom is -0.342 e. The lowest BCUT2D eigenvalue weighted by Crippen LogP contribution is -2.10. The molecule has 3 rings (SSSR count). The van der Waals surface area contributed by atoms with Crippen molar-refractivity contribution < 1.29 is 0 Å². The summed E-state index contributed by atoms with van der Waals surface area (Å²) in [5.74, 6) is 0. The van der Waals surface area contributed by atoms with Crippen molar-refractivity contribution in [3.63, 3.8) is 0 Å². The fourth-order valence-corrected chi connectivity index (χ4v) is 1.80. The average molecular weight is 209 g/mol. The van der Waals surface area contributed by atoms with Gasteiger partial charge in [0.25, 0.3) is 0 Å². The molecule has 1 aromatic rings. The van der Waals surface area contributed by atoms with Gasteiger partial charge in [-0.3, -0.25) is 4.99 Å². The molecule has 2 heterocycles. The van der Waals surface area contributed by atoms with Crippen molar-refractivity contribution in [2.45, 2.75) is 0 Å². The van der Waals surface area contributed by atoms with E-state index < -0.39 is 0 Å². The van der Waals surface area contributed by atoms with E-state index in [2.05, 4.69) is 16.1 Å². The predicted molar refractivity (Wildman–Crippen MR) is 66.9 cm³/mol. The number of benzene rings is 1. The Morgan fingerprint density at radius 3 is 2.81 bits per heavy atom. The van der Waals surface area contributed by atoms with Gasteiger partial charge in [-0.15, -0.1) is 0 Å². The van der Waals surface area contributed by atoms with Gasteiger partial charge in [-0.1, -0.05) is 18.2 Å². The number of fused-ring (bicyclic) bond motifs is 1. The summed E-state index contributed by atoms with van der Waals surface area (Å²) in [6.45, 7) is 0. The van der Waals surface area contributed by atoms with Crippen molar-refractivity contribution in [1.82, 2.24) is 4.90 Å². The van der Waals surface area contributed by atoms with Crippen LogP contribution in [0.3, 0.4) is 0 Å². The van der Waals surface area contributed by atoms with Crippen LogP contribution in [0.2, 0.25) is 0 Å². The number of hydrogen-bond acceptors (Lipinski definition) is 3. The molecule has 0 saturated heterocycles. The molecule has 0 unspecified atom stereocenters. The Kier molecular flexibility index (Phi) is 1.96. The van der Waals surface area contributed by atoms with Crippen LogP contribution in [-0.2, 0) is 0 Å². The number of nitrogens with zero attached hydrogens (tertiary/aromatic N) is 3. The van der Waals surface area contributed by atoms with Crippen molar-refractivity contribution in [1.29, 1.82) is 0 Å². The van der Waals surface area contributed by atoms with E-state index in [1.54, 1.807) is 6.34 Å². The van der Waals surface area contributed by atoms with Gasteiger partial charge in [-0.2, -0.15) is 0 Å². The molecule has 0 N–H and O–H groups in total. The van der Waals surface area contributed by atoms with E-state index in [9.17, 15) is 0 Å². The molecule has 0 aromatic heterocycles. The van der Waals surface area contributed by atoms with Gasteiger partial charge in [0.05, 0.1) is 17.7 Å². The molecule has 2 aliphatic heterocycles. The molecule has 2 aliphatic rings. The molecule has 0 aliphatic carbocycles. The van der Waals surface area contributed by atoms with Crippen molar-refractivity contribution in [3.05, 3.63) is 47.8 Å². The molecule has 0 amide bonds. The molecule has 0 fully saturated rings. The van der Waals surface area contributed by atoms with Crippen LogP contribution in [0.25, 0.3) is 5.57 Å². The zero-order valence-corrected chi connectivity index (χ0v) is 8.96. The molecule has 0 bridgehead atoms. The van der Waals surface area contributed by atoms with Crippen LogP contribution in [0.4, 0.5) is 5.69 Å². The largest absolute Gasteiger partial charge is 0.342 e. The van der Waals surface area contributed by atoms with E-state index in [-0.39, 0.29) is 0 Å². The van der Waals surface area contributed by atoms with Crippen LogP contribution in [-0.4, -0.2) is 24.5 Å². The van der Waals surface area contributed by atoms with E-state index in [1.807, 2.05) is 48.6 Å². The Morgan fingerprint density at radius 1 is 1.12 bits per heavy atom. The minimum atomic E-state index is 0.965. The lowest BCUT2D eigenvalue weighted by molar-refractivity contribution is 0.701.